The Morgan fingerprint density at radius 3 is 0.726 bits per heavy atom. The van der Waals surface area contributed by atoms with E-state index in [1.807, 2.05) is 21.7 Å². The van der Waals surface area contributed by atoms with Crippen molar-refractivity contribution in [3.8, 4) is 0 Å². The van der Waals surface area contributed by atoms with E-state index in [0.29, 0.717) is 0 Å². The predicted octanol–water partition coefficient (Wildman–Crippen LogP) is -4.92. The molecule has 8 amide bonds. The number of hydrogen-bond acceptors (Lipinski definition) is 24. The largest absolute Gasteiger partial charge is 0.457 e. The van der Waals surface area contributed by atoms with Crippen molar-refractivity contribution in [3.05, 3.63) is 112 Å². The molecule has 336 valence electrons. The van der Waals surface area contributed by atoms with E-state index >= 15 is 0 Å². The maximum Gasteiger partial charge on any atom is 0.433 e. The number of urea groups is 4. The standard InChI is InChI=1S/4C6H6N4O4.ClHO4.H2O/c4*7-6(11)9-8-3-4-1-2-5(14-4)10(12)13;2-1(3,4)5;/h4*1-3H,(H3,7,9,11);(H,2,3,4,5);1H2/b4*8-3+;;. The van der Waals surface area contributed by atoms with Gasteiger partial charge in [0.1, 0.15) is 19.7 Å². The summed E-state index contributed by atoms with van der Waals surface area (Å²) in [6, 6.07) is 6.71. The van der Waals surface area contributed by atoms with Crippen LogP contribution in [0.5, 0.6) is 0 Å². The van der Waals surface area contributed by atoms with E-state index in [4.69, 9.17) is 41.6 Å². The fourth-order valence-corrected chi connectivity index (χ4v) is 2.68. The van der Waals surface area contributed by atoms with E-state index in [-0.39, 0.29) is 28.5 Å². The van der Waals surface area contributed by atoms with Gasteiger partial charge in [0, 0.05) is 0 Å². The molecule has 4 aromatic rings. The van der Waals surface area contributed by atoms with Crippen LogP contribution < -0.4 is 63.3 Å². The number of carbonyl (C=O) groups is 4. The second-order valence-electron chi connectivity index (χ2n) is 9.05. The first-order valence-electron chi connectivity index (χ1n) is 14.3. The smallest absolute Gasteiger partial charge is 0.433 e. The molecule has 0 aromatic carbocycles. The number of carbonyl (C=O) groups excluding carboxylic acids is 4. The number of hydrogen-bond donors (Lipinski definition) is 8. The van der Waals surface area contributed by atoms with Gasteiger partial charge in [-0.3, -0.25) is 40.5 Å². The van der Waals surface area contributed by atoms with Gasteiger partial charge in [-0.2, -0.15) is 20.4 Å². The SMILES string of the molecule is NC(=O)N/N=C/c1ccc([N+](=O)[O-])o1.NC(=O)N/N=C/c1ccc([N+](=O)[O-])o1.NC(=O)N/N=C/c1ccc([N+](=O)[O-])o1.NC(=O)N/N=C/c1ccc([N+](=O)[O-])o1.[O-][Cl+3]([O-])([O-])[O-].[OH3+]. The van der Waals surface area contributed by atoms with E-state index in [1.54, 1.807) is 0 Å². The summed E-state index contributed by atoms with van der Waals surface area (Å²) >= 11 is 0. The molecule has 0 radical (unpaired) electrons. The molecule has 0 saturated carbocycles. The summed E-state index contributed by atoms with van der Waals surface area (Å²) in [7, 11) is -4.94. The number of amides is 8. The highest BCUT2D eigenvalue weighted by molar-refractivity contribution is 5.81. The van der Waals surface area contributed by atoms with Gasteiger partial charge in [0.05, 0.1) is 49.1 Å². The average Bonchev–Trinajstić information content (AvgIpc) is 3.96. The number of hydrazone groups is 4. The summed E-state index contributed by atoms with van der Waals surface area (Å²) < 4.78 is 52.7. The van der Waals surface area contributed by atoms with Crippen molar-refractivity contribution in [3.63, 3.8) is 0 Å². The Morgan fingerprint density at radius 1 is 0.452 bits per heavy atom. The molecule has 0 spiro atoms. The van der Waals surface area contributed by atoms with Gasteiger partial charge in [-0.05, 0) is 24.3 Å². The molecule has 0 atom stereocenters. The molecular weight excluding hydrogens is 884 g/mol. The van der Waals surface area contributed by atoms with Crippen molar-refractivity contribution >= 4 is 72.5 Å². The number of rotatable bonds is 12. The minimum Gasteiger partial charge on any atom is -0.457 e. The lowest BCUT2D eigenvalue weighted by Crippen LogP contribution is -2.68. The minimum atomic E-state index is -4.94. The fraction of sp³-hybridized carbons (Fsp3) is 0. The first-order chi connectivity index (χ1) is 28.4. The molecule has 0 aliphatic heterocycles. The number of nitrogens with one attached hydrogen (secondary N) is 4. The van der Waals surface area contributed by atoms with Crippen molar-refractivity contribution in [1.82, 2.24) is 21.7 Å². The lowest BCUT2D eigenvalue weighted by molar-refractivity contribution is -2.00. The number of furan rings is 4. The number of primary amides is 4. The normalized spacial score (nSPS) is 10.3. The van der Waals surface area contributed by atoms with Crippen molar-refractivity contribution in [2.75, 3.05) is 0 Å². The molecule has 0 unspecified atom stereocenters. The summed E-state index contributed by atoms with van der Waals surface area (Å²) in [6.07, 6.45) is 4.38. The number of nitrogens with zero attached hydrogens (tertiary/aromatic N) is 8. The third-order valence-corrected chi connectivity index (χ3v) is 4.64. The van der Waals surface area contributed by atoms with Crippen LogP contribution in [0.3, 0.4) is 0 Å². The molecule has 4 rings (SSSR count). The van der Waals surface area contributed by atoms with Gasteiger partial charge in [0.2, 0.25) is 0 Å². The average molecular weight is 911 g/mol. The van der Waals surface area contributed by atoms with Crippen LogP contribution in [0, 0.1) is 50.7 Å². The fourth-order valence-electron chi connectivity index (χ4n) is 2.68. The van der Waals surface area contributed by atoms with Crippen LogP contribution in [0.4, 0.5) is 42.7 Å². The third kappa shape index (κ3) is 28.0. The topological polar surface area (TPSA) is 620 Å². The zero-order valence-corrected chi connectivity index (χ0v) is 30.7. The highest BCUT2D eigenvalue weighted by Gasteiger charge is 2.12. The van der Waals surface area contributed by atoms with E-state index in [0.717, 1.165) is 24.9 Å². The van der Waals surface area contributed by atoms with Gasteiger partial charge < -0.3 is 46.1 Å². The molecule has 37 nitrogen and oxygen atoms in total. The Bertz CT molecular complexity index is 1930. The molecule has 4 aromatic heterocycles. The Morgan fingerprint density at radius 2 is 0.613 bits per heavy atom. The molecule has 0 aliphatic rings. The quantitative estimate of drug-likeness (QED) is 0.0286. The van der Waals surface area contributed by atoms with Crippen molar-refractivity contribution in [2.45, 2.75) is 0 Å². The van der Waals surface area contributed by atoms with E-state index < -0.39 is 77.6 Å². The summed E-state index contributed by atoms with van der Waals surface area (Å²) in [4.78, 5) is 78.6. The lowest BCUT2D eigenvalue weighted by Gasteiger charge is -2.17. The second kappa shape index (κ2) is 28.0. The summed E-state index contributed by atoms with van der Waals surface area (Å²) in [5, 5.41) is 54.1. The Kier molecular flexibility index (Phi) is 24.7. The Balaban J connectivity index is 0. The summed E-state index contributed by atoms with van der Waals surface area (Å²) in [5.74, 6) is -1.01. The number of halogens is 1. The van der Waals surface area contributed by atoms with Gasteiger partial charge in [-0.15, -0.1) is 10.2 Å². The van der Waals surface area contributed by atoms with Crippen LogP contribution in [0.1, 0.15) is 23.0 Å². The van der Waals surface area contributed by atoms with Crippen LogP contribution in [-0.2, 0) is 5.48 Å². The van der Waals surface area contributed by atoms with Crippen LogP contribution in [-0.4, -0.2) is 68.7 Å². The highest BCUT2D eigenvalue weighted by Crippen LogP contribution is 2.16. The third-order valence-electron chi connectivity index (χ3n) is 4.64. The summed E-state index contributed by atoms with van der Waals surface area (Å²) in [5.41, 5.74) is 26.5. The van der Waals surface area contributed by atoms with Gasteiger partial charge in [0.15, 0.2) is 23.0 Å². The monoisotopic (exact) mass is 910 g/mol. The number of nitrogens with two attached hydrogens (primary N) is 4. The first-order valence-corrected chi connectivity index (χ1v) is 15.5. The Labute approximate surface area is 340 Å². The van der Waals surface area contributed by atoms with Crippen molar-refractivity contribution in [1.29, 1.82) is 0 Å². The lowest BCUT2D eigenvalue weighted by atomic mass is 10.5. The van der Waals surface area contributed by atoms with Gasteiger partial charge in [0.25, 0.3) is 0 Å². The molecular formula is C24H27ClN16O21. The molecule has 15 N–H and O–H groups in total. The van der Waals surface area contributed by atoms with Crippen LogP contribution >= 0.6 is 0 Å². The van der Waals surface area contributed by atoms with Crippen molar-refractivity contribution < 1.29 is 90.9 Å². The maximum absolute atomic E-state index is 10.2. The van der Waals surface area contributed by atoms with Crippen LogP contribution in [0.2, 0.25) is 0 Å². The van der Waals surface area contributed by atoms with Crippen LogP contribution in [0.25, 0.3) is 0 Å². The van der Waals surface area contributed by atoms with E-state index in [1.165, 1.54) is 48.5 Å². The molecule has 38 heteroatoms. The molecule has 0 saturated heterocycles. The first kappa shape index (κ1) is 54.7. The van der Waals surface area contributed by atoms with Gasteiger partial charge in [-0.1, -0.05) is 0 Å². The molecule has 0 bridgehead atoms. The van der Waals surface area contributed by atoms with Crippen molar-refractivity contribution in [2.24, 2.45) is 43.3 Å². The molecule has 4 heterocycles. The molecule has 62 heavy (non-hydrogen) atoms. The molecule has 0 aliphatic carbocycles. The minimum absolute atomic E-state index is 0. The molecule has 0 fully saturated rings. The zero-order valence-electron chi connectivity index (χ0n) is 29.9. The predicted molar refractivity (Wildman–Crippen MR) is 188 cm³/mol. The zero-order chi connectivity index (χ0) is 46.7. The number of nitro groups is 4. The maximum atomic E-state index is 10.2. The van der Waals surface area contributed by atoms with Gasteiger partial charge in [-0.25, -0.2) is 59.5 Å². The Hall–Kier alpha value is -9.43. The van der Waals surface area contributed by atoms with Gasteiger partial charge >= 0.3 is 47.7 Å². The summed E-state index contributed by atoms with van der Waals surface area (Å²) in [6.45, 7) is 0. The van der Waals surface area contributed by atoms with E-state index in [9.17, 15) is 59.6 Å². The van der Waals surface area contributed by atoms with Crippen LogP contribution in [0.15, 0.2) is 86.6 Å². The highest BCUT2D eigenvalue weighted by atomic mass is 35.7. The van der Waals surface area contributed by atoms with E-state index in [2.05, 4.69) is 38.1 Å². The second-order valence-corrected chi connectivity index (χ2v) is 9.80.